The van der Waals surface area contributed by atoms with Crippen molar-refractivity contribution < 1.29 is 26.7 Å². The van der Waals surface area contributed by atoms with Crippen molar-refractivity contribution in [1.29, 1.82) is 0 Å². The van der Waals surface area contributed by atoms with Crippen molar-refractivity contribution in [2.24, 2.45) is 0 Å². The first-order chi connectivity index (χ1) is 7.34. The second-order valence-electron chi connectivity index (χ2n) is 2.73. The standard InChI is InChI=1S/C8H5BrF5NO/c9-5-2-1-4(3-15-5)16-7(12)8(13,14)6(10)11/h1-3,6-7H. The molecular weight excluding hydrogens is 301 g/mol. The highest BCUT2D eigenvalue weighted by atomic mass is 79.9. The van der Waals surface area contributed by atoms with Crippen molar-refractivity contribution in [3.8, 4) is 5.75 Å². The minimum Gasteiger partial charge on any atom is -0.452 e. The van der Waals surface area contributed by atoms with Gasteiger partial charge in [0.05, 0.1) is 6.20 Å². The lowest BCUT2D eigenvalue weighted by molar-refractivity contribution is -0.221. The van der Waals surface area contributed by atoms with E-state index in [-0.39, 0.29) is 5.75 Å². The maximum absolute atomic E-state index is 12.7. The Balaban J connectivity index is 2.71. The van der Waals surface area contributed by atoms with Crippen molar-refractivity contribution in [3.05, 3.63) is 22.9 Å². The molecule has 1 heterocycles. The summed E-state index contributed by atoms with van der Waals surface area (Å²) in [4.78, 5) is 3.55. The molecule has 0 amide bonds. The summed E-state index contributed by atoms with van der Waals surface area (Å²) in [5.41, 5.74) is 0. The third-order valence-corrected chi connectivity index (χ3v) is 2.00. The highest BCUT2D eigenvalue weighted by Gasteiger charge is 2.51. The fraction of sp³-hybridized carbons (Fsp3) is 0.375. The van der Waals surface area contributed by atoms with Crippen LogP contribution in [-0.2, 0) is 0 Å². The van der Waals surface area contributed by atoms with E-state index < -0.39 is 18.7 Å². The monoisotopic (exact) mass is 305 g/mol. The van der Waals surface area contributed by atoms with Crippen molar-refractivity contribution in [2.75, 3.05) is 0 Å². The van der Waals surface area contributed by atoms with Crippen molar-refractivity contribution >= 4 is 15.9 Å². The number of pyridine rings is 1. The Bertz CT molecular complexity index is 345. The molecule has 1 rings (SSSR count). The van der Waals surface area contributed by atoms with E-state index in [4.69, 9.17) is 0 Å². The molecule has 0 saturated carbocycles. The van der Waals surface area contributed by atoms with E-state index >= 15 is 0 Å². The number of hydrogen-bond donors (Lipinski definition) is 0. The van der Waals surface area contributed by atoms with Gasteiger partial charge in [0.1, 0.15) is 10.4 Å². The summed E-state index contributed by atoms with van der Waals surface area (Å²) in [7, 11) is 0. The molecule has 1 atom stereocenters. The third kappa shape index (κ3) is 3.03. The maximum atomic E-state index is 12.7. The summed E-state index contributed by atoms with van der Waals surface area (Å²) in [6.45, 7) is 0. The molecule has 1 aromatic heterocycles. The Morgan fingerprint density at radius 1 is 1.25 bits per heavy atom. The molecule has 0 aliphatic rings. The Morgan fingerprint density at radius 2 is 1.88 bits per heavy atom. The van der Waals surface area contributed by atoms with Crippen LogP contribution < -0.4 is 4.74 Å². The lowest BCUT2D eigenvalue weighted by Crippen LogP contribution is -2.41. The van der Waals surface area contributed by atoms with Crippen molar-refractivity contribution in [3.63, 3.8) is 0 Å². The molecule has 0 aliphatic heterocycles. The van der Waals surface area contributed by atoms with Gasteiger partial charge in [-0.05, 0) is 28.1 Å². The van der Waals surface area contributed by atoms with Crippen LogP contribution in [0.25, 0.3) is 0 Å². The van der Waals surface area contributed by atoms with Gasteiger partial charge in [0, 0.05) is 0 Å². The molecule has 0 saturated heterocycles. The molecule has 8 heteroatoms. The maximum Gasteiger partial charge on any atom is 0.372 e. The van der Waals surface area contributed by atoms with E-state index in [0.717, 1.165) is 12.3 Å². The summed E-state index contributed by atoms with van der Waals surface area (Å²) < 4.78 is 65.4. The molecule has 0 spiro atoms. The zero-order valence-corrected chi connectivity index (χ0v) is 9.10. The van der Waals surface area contributed by atoms with Crippen LogP contribution >= 0.6 is 15.9 Å². The van der Waals surface area contributed by atoms with Crippen molar-refractivity contribution in [1.82, 2.24) is 4.98 Å². The number of ether oxygens (including phenoxy) is 1. The number of hydrogen-bond acceptors (Lipinski definition) is 2. The average Bonchev–Trinajstić information content (AvgIpc) is 2.21. The second-order valence-corrected chi connectivity index (χ2v) is 3.54. The highest BCUT2D eigenvalue weighted by molar-refractivity contribution is 9.10. The SMILES string of the molecule is FC(F)C(F)(F)C(F)Oc1ccc(Br)nc1. The summed E-state index contributed by atoms with van der Waals surface area (Å²) in [6, 6.07) is 2.41. The Hall–Kier alpha value is -0.920. The summed E-state index contributed by atoms with van der Waals surface area (Å²) in [6.07, 6.45) is -6.63. The van der Waals surface area contributed by atoms with Crippen LogP contribution in [0.5, 0.6) is 5.75 Å². The van der Waals surface area contributed by atoms with Crippen LogP contribution in [0.2, 0.25) is 0 Å². The summed E-state index contributed by atoms with van der Waals surface area (Å²) >= 11 is 2.95. The van der Waals surface area contributed by atoms with Gasteiger partial charge < -0.3 is 4.74 Å². The minimum atomic E-state index is -4.85. The largest absolute Gasteiger partial charge is 0.452 e. The van der Waals surface area contributed by atoms with Gasteiger partial charge in [-0.1, -0.05) is 0 Å². The first-order valence-electron chi connectivity index (χ1n) is 3.92. The van der Waals surface area contributed by atoms with Gasteiger partial charge in [-0.25, -0.2) is 13.8 Å². The molecule has 0 aromatic carbocycles. The molecule has 0 bridgehead atoms. The smallest absolute Gasteiger partial charge is 0.372 e. The number of aromatic nitrogens is 1. The predicted molar refractivity (Wildman–Crippen MR) is 48.4 cm³/mol. The molecule has 0 fully saturated rings. The van der Waals surface area contributed by atoms with Crippen LogP contribution in [0, 0.1) is 0 Å². The fourth-order valence-corrected chi connectivity index (χ4v) is 0.964. The molecule has 0 radical (unpaired) electrons. The quantitative estimate of drug-likeness (QED) is 0.628. The molecule has 0 aliphatic carbocycles. The average molecular weight is 306 g/mol. The Morgan fingerprint density at radius 3 is 2.31 bits per heavy atom. The molecule has 2 nitrogen and oxygen atoms in total. The zero-order chi connectivity index (χ0) is 12.3. The lowest BCUT2D eigenvalue weighted by atomic mass is 10.3. The van der Waals surface area contributed by atoms with Gasteiger partial charge >= 0.3 is 18.7 Å². The number of rotatable bonds is 4. The first-order valence-corrected chi connectivity index (χ1v) is 4.71. The Kier molecular flexibility index (Phi) is 4.06. The molecule has 16 heavy (non-hydrogen) atoms. The normalized spacial score (nSPS) is 13.9. The number of halogens is 6. The third-order valence-electron chi connectivity index (χ3n) is 1.53. The number of nitrogens with zero attached hydrogens (tertiary/aromatic N) is 1. The van der Waals surface area contributed by atoms with Gasteiger partial charge in [0.2, 0.25) is 0 Å². The molecule has 1 unspecified atom stereocenters. The molecule has 90 valence electrons. The molecular formula is C8H5BrF5NO. The van der Waals surface area contributed by atoms with Gasteiger partial charge in [0.25, 0.3) is 0 Å². The highest BCUT2D eigenvalue weighted by Crippen LogP contribution is 2.30. The van der Waals surface area contributed by atoms with Gasteiger partial charge in [-0.15, -0.1) is 0 Å². The summed E-state index contributed by atoms with van der Waals surface area (Å²) in [5, 5.41) is 0. The van der Waals surface area contributed by atoms with Crippen LogP contribution in [0.15, 0.2) is 22.9 Å². The topological polar surface area (TPSA) is 22.1 Å². The van der Waals surface area contributed by atoms with Crippen LogP contribution in [-0.4, -0.2) is 23.7 Å². The van der Waals surface area contributed by atoms with Crippen LogP contribution in [0.1, 0.15) is 0 Å². The lowest BCUT2D eigenvalue weighted by Gasteiger charge is -2.20. The predicted octanol–water partition coefficient (Wildman–Crippen LogP) is 3.42. The van der Waals surface area contributed by atoms with E-state index in [1.165, 1.54) is 6.07 Å². The zero-order valence-electron chi connectivity index (χ0n) is 7.51. The van der Waals surface area contributed by atoms with E-state index in [1.54, 1.807) is 0 Å². The second kappa shape index (κ2) is 4.94. The van der Waals surface area contributed by atoms with E-state index in [2.05, 4.69) is 25.7 Å². The van der Waals surface area contributed by atoms with Crippen LogP contribution in [0.4, 0.5) is 22.0 Å². The fourth-order valence-electron chi connectivity index (χ4n) is 0.729. The molecule has 0 N–H and O–H groups in total. The van der Waals surface area contributed by atoms with E-state index in [9.17, 15) is 22.0 Å². The Labute approximate surface area is 95.6 Å². The van der Waals surface area contributed by atoms with Gasteiger partial charge in [-0.3, -0.25) is 0 Å². The van der Waals surface area contributed by atoms with E-state index in [1.807, 2.05) is 0 Å². The summed E-state index contributed by atoms with van der Waals surface area (Å²) in [5.74, 6) is -5.22. The van der Waals surface area contributed by atoms with E-state index in [0.29, 0.717) is 4.60 Å². The van der Waals surface area contributed by atoms with Gasteiger partial charge in [0.15, 0.2) is 0 Å². The molecule has 1 aromatic rings. The minimum absolute atomic E-state index is 0.365. The van der Waals surface area contributed by atoms with Crippen LogP contribution in [0.3, 0.4) is 0 Å². The van der Waals surface area contributed by atoms with Crippen molar-refractivity contribution in [2.45, 2.75) is 18.7 Å². The number of alkyl halides is 5. The first kappa shape index (κ1) is 13.1. The van der Waals surface area contributed by atoms with Gasteiger partial charge in [-0.2, -0.15) is 13.2 Å².